The molecule has 0 saturated carbocycles. The van der Waals surface area contributed by atoms with Crippen molar-refractivity contribution in [2.75, 3.05) is 19.6 Å². The summed E-state index contributed by atoms with van der Waals surface area (Å²) >= 11 is 3.45. The van der Waals surface area contributed by atoms with E-state index in [1.807, 2.05) is 44.2 Å². The fraction of sp³-hybridized carbons (Fsp3) is 0.200. The van der Waals surface area contributed by atoms with E-state index in [0.29, 0.717) is 0 Å². The van der Waals surface area contributed by atoms with Gasteiger partial charge < -0.3 is 4.57 Å². The van der Waals surface area contributed by atoms with Crippen LogP contribution in [-0.4, -0.2) is 67.8 Å². The summed E-state index contributed by atoms with van der Waals surface area (Å²) in [7, 11) is -8.09. The average Bonchev–Trinajstić information content (AvgIpc) is 3.30. The number of piperazine rings is 1. The highest BCUT2D eigenvalue weighted by molar-refractivity contribution is 9.10. The molecule has 43 heavy (non-hydrogen) atoms. The smallest absolute Gasteiger partial charge is 0.259 e. The van der Waals surface area contributed by atoms with Gasteiger partial charge in [0, 0.05) is 46.7 Å². The highest BCUT2D eigenvalue weighted by atomic mass is 79.9. The number of hydrazone groups is 1. The quantitative estimate of drug-likeness (QED) is 0.222. The number of carbonyl (C=O) groups excluding carboxylic acids is 1. The van der Waals surface area contributed by atoms with Gasteiger partial charge >= 0.3 is 0 Å². The molecule has 5 rings (SSSR count). The topological polar surface area (TPSA) is 121 Å². The minimum absolute atomic E-state index is 0.0102. The van der Waals surface area contributed by atoms with Gasteiger partial charge in [-0.15, -0.1) is 0 Å². The second-order valence-electron chi connectivity index (χ2n) is 9.99. The van der Waals surface area contributed by atoms with Crippen LogP contribution in [-0.2, 0) is 24.8 Å². The fourth-order valence-corrected chi connectivity index (χ4v) is 8.39. The van der Waals surface area contributed by atoms with Crippen LogP contribution in [0.25, 0.3) is 5.69 Å². The minimum Gasteiger partial charge on any atom is -0.318 e. The molecule has 224 valence electrons. The molecule has 0 spiro atoms. The summed E-state index contributed by atoms with van der Waals surface area (Å²) < 4.78 is 59.2. The predicted octanol–water partition coefficient (Wildman–Crippen LogP) is 4.07. The molecule has 1 aliphatic heterocycles. The Kier molecular flexibility index (Phi) is 8.99. The molecule has 13 heteroatoms. The lowest BCUT2D eigenvalue weighted by Crippen LogP contribution is -2.60. The maximum absolute atomic E-state index is 13.6. The lowest BCUT2D eigenvalue weighted by atomic mass is 10.2. The minimum atomic E-state index is -4.12. The maximum atomic E-state index is 13.6. The number of aromatic nitrogens is 1. The van der Waals surface area contributed by atoms with Crippen LogP contribution in [0.3, 0.4) is 0 Å². The van der Waals surface area contributed by atoms with Crippen LogP contribution in [0, 0.1) is 13.8 Å². The van der Waals surface area contributed by atoms with Crippen LogP contribution >= 0.6 is 15.9 Å². The van der Waals surface area contributed by atoms with Crippen molar-refractivity contribution >= 4 is 48.1 Å². The Bertz CT molecular complexity index is 1860. The molecule has 2 heterocycles. The van der Waals surface area contributed by atoms with Gasteiger partial charge in [-0.1, -0.05) is 52.3 Å². The molecule has 1 aliphatic rings. The van der Waals surface area contributed by atoms with E-state index < -0.39 is 32.0 Å². The van der Waals surface area contributed by atoms with Gasteiger partial charge in [0.1, 0.15) is 6.04 Å². The second kappa shape index (κ2) is 12.5. The van der Waals surface area contributed by atoms with E-state index in [9.17, 15) is 21.6 Å². The predicted molar refractivity (Wildman–Crippen MR) is 168 cm³/mol. The normalized spacial score (nSPS) is 16.9. The zero-order valence-corrected chi connectivity index (χ0v) is 26.7. The number of hydrogen-bond acceptors (Lipinski definition) is 6. The summed E-state index contributed by atoms with van der Waals surface area (Å²) in [5.41, 5.74) is 6.03. The Balaban J connectivity index is 1.41. The van der Waals surface area contributed by atoms with Crippen molar-refractivity contribution in [1.29, 1.82) is 0 Å². The molecule has 4 aromatic rings. The first kappa shape index (κ1) is 30.8. The van der Waals surface area contributed by atoms with Gasteiger partial charge in [-0.05, 0) is 68.4 Å². The molecular formula is C30H30BrN5O5S2. The number of amides is 1. The largest absolute Gasteiger partial charge is 0.318 e. The number of aryl methyl sites for hydroxylation is 1. The van der Waals surface area contributed by atoms with E-state index in [4.69, 9.17) is 0 Å². The first-order valence-corrected chi connectivity index (χ1v) is 17.1. The molecular weight excluding hydrogens is 654 g/mol. The van der Waals surface area contributed by atoms with Crippen molar-refractivity contribution in [2.24, 2.45) is 5.10 Å². The highest BCUT2D eigenvalue weighted by Crippen LogP contribution is 2.26. The van der Waals surface area contributed by atoms with Crippen molar-refractivity contribution in [2.45, 2.75) is 29.7 Å². The van der Waals surface area contributed by atoms with Gasteiger partial charge in [-0.25, -0.2) is 22.3 Å². The summed E-state index contributed by atoms with van der Waals surface area (Å²) in [6, 6.07) is 24.0. The Morgan fingerprint density at radius 2 is 1.44 bits per heavy atom. The average molecular weight is 685 g/mol. The second-order valence-corrected chi connectivity index (χ2v) is 14.7. The van der Waals surface area contributed by atoms with E-state index in [1.54, 1.807) is 36.4 Å². The number of halogens is 1. The summed E-state index contributed by atoms with van der Waals surface area (Å²) in [6.07, 6.45) is 1.49. The van der Waals surface area contributed by atoms with Crippen molar-refractivity contribution in [3.8, 4) is 5.69 Å². The molecule has 1 atom stereocenters. The van der Waals surface area contributed by atoms with Crippen molar-refractivity contribution in [3.63, 3.8) is 0 Å². The van der Waals surface area contributed by atoms with E-state index in [-0.39, 0.29) is 29.4 Å². The van der Waals surface area contributed by atoms with Gasteiger partial charge in [0.15, 0.2) is 0 Å². The van der Waals surface area contributed by atoms with E-state index >= 15 is 0 Å². The molecule has 1 amide bonds. The third-order valence-corrected chi connectivity index (χ3v) is 11.6. The molecule has 1 fully saturated rings. The number of rotatable bonds is 8. The van der Waals surface area contributed by atoms with Gasteiger partial charge in [0.05, 0.1) is 16.0 Å². The molecule has 3 aromatic carbocycles. The third kappa shape index (κ3) is 6.36. The van der Waals surface area contributed by atoms with Crippen molar-refractivity contribution in [3.05, 3.63) is 112 Å². The Hall–Kier alpha value is -3.62. The summed E-state index contributed by atoms with van der Waals surface area (Å²) in [5, 5.41) is 4.14. The maximum Gasteiger partial charge on any atom is 0.259 e. The van der Waals surface area contributed by atoms with Crippen LogP contribution < -0.4 is 5.43 Å². The van der Waals surface area contributed by atoms with Crippen LogP contribution in [0.5, 0.6) is 0 Å². The monoisotopic (exact) mass is 683 g/mol. The van der Waals surface area contributed by atoms with Crippen LogP contribution in [0.4, 0.5) is 0 Å². The molecule has 1 N–H and O–H groups in total. The highest BCUT2D eigenvalue weighted by Gasteiger charge is 2.43. The number of carbonyl (C=O) groups is 1. The molecule has 1 saturated heterocycles. The van der Waals surface area contributed by atoms with Crippen molar-refractivity contribution in [1.82, 2.24) is 18.6 Å². The van der Waals surface area contributed by atoms with Gasteiger partial charge in [0.25, 0.3) is 5.91 Å². The first-order chi connectivity index (χ1) is 20.5. The Labute approximate surface area is 259 Å². The van der Waals surface area contributed by atoms with Crippen LogP contribution in [0.2, 0.25) is 0 Å². The Morgan fingerprint density at radius 1 is 0.860 bits per heavy atom. The molecule has 0 radical (unpaired) electrons. The molecule has 1 unspecified atom stereocenters. The van der Waals surface area contributed by atoms with E-state index in [1.165, 1.54) is 30.5 Å². The SMILES string of the molecule is Cc1cc(/C=N/NC(=O)C2CN(S(=O)(=O)c3ccccc3)CCN2S(=O)(=O)c2ccccc2)c(C)n1-c1ccc(Br)cc1. The summed E-state index contributed by atoms with van der Waals surface area (Å²) in [4.78, 5) is 13.6. The van der Waals surface area contributed by atoms with Gasteiger partial charge in [0.2, 0.25) is 20.0 Å². The molecule has 0 aliphatic carbocycles. The van der Waals surface area contributed by atoms with Crippen molar-refractivity contribution < 1.29 is 21.6 Å². The number of sulfonamides is 2. The standard InChI is InChI=1S/C30H30BrN5O5S2/c1-22-19-24(23(2)36(22)26-15-13-25(31)14-16-26)20-32-33-30(37)29-21-34(42(38,39)27-9-5-3-6-10-27)17-18-35(29)43(40,41)28-11-7-4-8-12-28/h3-16,19-20,29H,17-18,21H2,1-2H3,(H,33,37)/b32-20+. The summed E-state index contributed by atoms with van der Waals surface area (Å²) in [5.74, 6) is -0.745. The van der Waals surface area contributed by atoms with Gasteiger partial charge in [-0.3, -0.25) is 4.79 Å². The Morgan fingerprint density at radius 3 is 2.05 bits per heavy atom. The number of benzene rings is 3. The fourth-order valence-electron chi connectivity index (χ4n) is 5.08. The third-order valence-electron chi connectivity index (χ3n) is 7.26. The lowest BCUT2D eigenvalue weighted by Gasteiger charge is -2.38. The zero-order valence-electron chi connectivity index (χ0n) is 23.5. The lowest BCUT2D eigenvalue weighted by molar-refractivity contribution is -0.125. The number of hydrogen-bond donors (Lipinski definition) is 1. The van der Waals surface area contributed by atoms with E-state index in [0.717, 1.165) is 35.7 Å². The van der Waals surface area contributed by atoms with Crippen LogP contribution in [0.1, 0.15) is 17.0 Å². The zero-order chi connectivity index (χ0) is 30.8. The van der Waals surface area contributed by atoms with Gasteiger partial charge in [-0.2, -0.15) is 13.7 Å². The first-order valence-electron chi connectivity index (χ1n) is 13.4. The molecule has 1 aromatic heterocycles. The molecule has 10 nitrogen and oxygen atoms in total. The van der Waals surface area contributed by atoms with Crippen LogP contribution in [0.15, 0.2) is 110 Å². The summed E-state index contributed by atoms with van der Waals surface area (Å²) in [6.45, 7) is 3.20. The number of nitrogens with zero attached hydrogens (tertiary/aromatic N) is 4. The molecule has 0 bridgehead atoms. The number of nitrogens with one attached hydrogen (secondary N) is 1. The van der Waals surface area contributed by atoms with E-state index in [2.05, 4.69) is 31.0 Å².